The van der Waals surface area contributed by atoms with Crippen molar-refractivity contribution >= 4 is 0 Å². The normalized spacial score (nSPS) is 27.8. The van der Waals surface area contributed by atoms with E-state index in [4.69, 9.17) is 0 Å². The van der Waals surface area contributed by atoms with Crippen molar-refractivity contribution in [3.8, 4) is 0 Å². The highest BCUT2D eigenvalue weighted by Gasteiger charge is 2.22. The predicted octanol–water partition coefficient (Wildman–Crippen LogP) is 0.886. The molecular formula is C9H19FN2. The Balaban J connectivity index is 2.14. The van der Waals surface area contributed by atoms with Crippen molar-refractivity contribution in [2.45, 2.75) is 19.0 Å². The van der Waals surface area contributed by atoms with Crippen LogP contribution >= 0.6 is 0 Å². The monoisotopic (exact) mass is 174 g/mol. The standard InChI is InChI=1S/C9H19FN2/c1-11-6-9(10)5-8-3-4-12(2)7-8/h8-9,11H,3-7H2,1-2H3. The van der Waals surface area contributed by atoms with Gasteiger partial charge in [0.25, 0.3) is 0 Å². The lowest BCUT2D eigenvalue weighted by Crippen LogP contribution is -2.23. The van der Waals surface area contributed by atoms with Gasteiger partial charge in [0.15, 0.2) is 0 Å². The second-order valence-electron chi connectivity index (χ2n) is 3.81. The molecule has 0 bridgehead atoms. The lowest BCUT2D eigenvalue weighted by molar-refractivity contribution is 0.262. The highest BCUT2D eigenvalue weighted by Crippen LogP contribution is 2.20. The van der Waals surface area contributed by atoms with Crippen LogP contribution < -0.4 is 5.32 Å². The first kappa shape index (κ1) is 9.93. The molecular weight excluding hydrogens is 155 g/mol. The quantitative estimate of drug-likeness (QED) is 0.681. The van der Waals surface area contributed by atoms with Crippen molar-refractivity contribution in [2.24, 2.45) is 5.92 Å². The SMILES string of the molecule is CNCC(F)CC1CCN(C)C1. The summed E-state index contributed by atoms with van der Waals surface area (Å²) in [5.41, 5.74) is 0. The van der Waals surface area contributed by atoms with E-state index in [-0.39, 0.29) is 0 Å². The molecule has 1 N–H and O–H groups in total. The van der Waals surface area contributed by atoms with E-state index < -0.39 is 6.17 Å². The molecule has 1 aliphatic heterocycles. The molecule has 0 aromatic rings. The van der Waals surface area contributed by atoms with Crippen LogP contribution in [0, 0.1) is 5.92 Å². The zero-order valence-corrected chi connectivity index (χ0v) is 8.02. The molecule has 0 saturated carbocycles. The summed E-state index contributed by atoms with van der Waals surface area (Å²) >= 11 is 0. The summed E-state index contributed by atoms with van der Waals surface area (Å²) in [6.07, 6.45) is 1.23. The molecule has 0 aromatic heterocycles. The molecule has 0 aromatic carbocycles. The average Bonchev–Trinajstić information content (AvgIpc) is 2.36. The van der Waals surface area contributed by atoms with Crippen LogP contribution in [0.25, 0.3) is 0 Å². The molecule has 1 saturated heterocycles. The number of nitrogens with zero attached hydrogens (tertiary/aromatic N) is 1. The lowest BCUT2D eigenvalue weighted by atomic mass is 10.0. The fourth-order valence-electron chi connectivity index (χ4n) is 1.89. The van der Waals surface area contributed by atoms with Crippen molar-refractivity contribution in [1.82, 2.24) is 10.2 Å². The molecule has 1 aliphatic rings. The van der Waals surface area contributed by atoms with E-state index in [1.54, 1.807) is 7.05 Å². The summed E-state index contributed by atoms with van der Waals surface area (Å²) < 4.78 is 13.1. The van der Waals surface area contributed by atoms with Crippen LogP contribution in [0.5, 0.6) is 0 Å². The van der Waals surface area contributed by atoms with Crippen molar-refractivity contribution in [3.05, 3.63) is 0 Å². The van der Waals surface area contributed by atoms with E-state index in [0.29, 0.717) is 12.5 Å². The maximum atomic E-state index is 13.1. The summed E-state index contributed by atoms with van der Waals surface area (Å²) in [5.74, 6) is 0.582. The molecule has 72 valence electrons. The van der Waals surface area contributed by atoms with Crippen molar-refractivity contribution in [3.63, 3.8) is 0 Å². The number of nitrogens with one attached hydrogen (secondary N) is 1. The van der Waals surface area contributed by atoms with Gasteiger partial charge < -0.3 is 10.2 Å². The molecule has 2 unspecified atom stereocenters. The van der Waals surface area contributed by atoms with Crippen LogP contribution in [0.2, 0.25) is 0 Å². The minimum atomic E-state index is -0.661. The van der Waals surface area contributed by atoms with Crippen molar-refractivity contribution in [1.29, 1.82) is 0 Å². The third-order valence-electron chi connectivity index (χ3n) is 2.50. The number of alkyl halides is 1. The molecule has 1 rings (SSSR count). The van der Waals surface area contributed by atoms with Crippen LogP contribution in [0.3, 0.4) is 0 Å². The van der Waals surface area contributed by atoms with Gasteiger partial charge >= 0.3 is 0 Å². The average molecular weight is 174 g/mol. The van der Waals surface area contributed by atoms with Gasteiger partial charge in [-0.05, 0) is 39.4 Å². The Kier molecular flexibility index (Phi) is 3.95. The molecule has 0 aliphatic carbocycles. The second kappa shape index (κ2) is 4.77. The Morgan fingerprint density at radius 3 is 2.92 bits per heavy atom. The molecule has 2 nitrogen and oxygen atoms in total. The smallest absolute Gasteiger partial charge is 0.113 e. The van der Waals surface area contributed by atoms with Crippen LogP contribution in [0.15, 0.2) is 0 Å². The fraction of sp³-hybridized carbons (Fsp3) is 1.00. The molecule has 3 heteroatoms. The van der Waals surface area contributed by atoms with Crippen molar-refractivity contribution in [2.75, 3.05) is 33.7 Å². The van der Waals surface area contributed by atoms with E-state index >= 15 is 0 Å². The Morgan fingerprint density at radius 2 is 2.42 bits per heavy atom. The second-order valence-corrected chi connectivity index (χ2v) is 3.81. The number of halogens is 1. The topological polar surface area (TPSA) is 15.3 Å². The maximum absolute atomic E-state index is 13.1. The summed E-state index contributed by atoms with van der Waals surface area (Å²) in [7, 11) is 3.90. The Morgan fingerprint density at radius 1 is 1.67 bits per heavy atom. The minimum absolute atomic E-state index is 0.500. The van der Waals surface area contributed by atoms with Crippen LogP contribution in [-0.2, 0) is 0 Å². The van der Waals surface area contributed by atoms with Crippen LogP contribution in [-0.4, -0.2) is 44.8 Å². The number of rotatable bonds is 4. The largest absolute Gasteiger partial charge is 0.317 e. The predicted molar refractivity (Wildman–Crippen MR) is 49.0 cm³/mol. The highest BCUT2D eigenvalue weighted by atomic mass is 19.1. The van der Waals surface area contributed by atoms with Gasteiger partial charge in [-0.15, -0.1) is 0 Å². The van der Waals surface area contributed by atoms with E-state index in [1.807, 2.05) is 0 Å². The lowest BCUT2D eigenvalue weighted by Gasteiger charge is -2.13. The Hall–Kier alpha value is -0.150. The number of likely N-dealkylation sites (tertiary alicyclic amines) is 1. The summed E-state index contributed by atoms with van der Waals surface area (Å²) in [6.45, 7) is 2.71. The third kappa shape index (κ3) is 3.07. The van der Waals surface area contributed by atoms with Gasteiger partial charge in [0.05, 0.1) is 0 Å². The molecule has 1 heterocycles. The van der Waals surface area contributed by atoms with Gasteiger partial charge in [-0.2, -0.15) is 0 Å². The Bertz CT molecular complexity index is 130. The summed E-state index contributed by atoms with van der Waals surface area (Å²) in [5, 5.41) is 2.86. The van der Waals surface area contributed by atoms with E-state index in [1.165, 1.54) is 6.42 Å². The summed E-state index contributed by atoms with van der Waals surface area (Å²) in [6, 6.07) is 0. The van der Waals surface area contributed by atoms with Gasteiger partial charge in [0, 0.05) is 13.1 Å². The first-order valence-electron chi connectivity index (χ1n) is 4.69. The molecule has 0 amide bonds. The van der Waals surface area contributed by atoms with E-state index in [0.717, 1.165) is 19.5 Å². The maximum Gasteiger partial charge on any atom is 0.113 e. The first-order valence-corrected chi connectivity index (χ1v) is 4.69. The van der Waals surface area contributed by atoms with Gasteiger partial charge in [0.1, 0.15) is 6.17 Å². The number of hydrogen-bond donors (Lipinski definition) is 1. The fourth-order valence-corrected chi connectivity index (χ4v) is 1.89. The van der Waals surface area contributed by atoms with Gasteiger partial charge in [-0.1, -0.05) is 0 Å². The van der Waals surface area contributed by atoms with Crippen molar-refractivity contribution < 1.29 is 4.39 Å². The zero-order chi connectivity index (χ0) is 8.97. The van der Waals surface area contributed by atoms with Crippen LogP contribution in [0.4, 0.5) is 4.39 Å². The molecule has 1 fully saturated rings. The van der Waals surface area contributed by atoms with Gasteiger partial charge in [-0.3, -0.25) is 0 Å². The zero-order valence-electron chi connectivity index (χ0n) is 8.02. The Labute approximate surface area is 74.1 Å². The van der Waals surface area contributed by atoms with E-state index in [9.17, 15) is 4.39 Å². The highest BCUT2D eigenvalue weighted by molar-refractivity contribution is 4.76. The molecule has 2 atom stereocenters. The van der Waals surface area contributed by atoms with Crippen LogP contribution in [0.1, 0.15) is 12.8 Å². The van der Waals surface area contributed by atoms with Gasteiger partial charge in [0.2, 0.25) is 0 Å². The van der Waals surface area contributed by atoms with Gasteiger partial charge in [-0.25, -0.2) is 4.39 Å². The summed E-state index contributed by atoms with van der Waals surface area (Å²) in [4.78, 5) is 2.27. The number of hydrogen-bond acceptors (Lipinski definition) is 2. The molecule has 0 spiro atoms. The molecule has 0 radical (unpaired) electrons. The molecule has 12 heavy (non-hydrogen) atoms. The first-order chi connectivity index (χ1) is 5.72. The minimum Gasteiger partial charge on any atom is -0.317 e. The third-order valence-corrected chi connectivity index (χ3v) is 2.50. The van der Waals surface area contributed by atoms with E-state index in [2.05, 4.69) is 17.3 Å².